The van der Waals surface area contributed by atoms with E-state index in [0.717, 1.165) is 12.1 Å². The maximum Gasteiger partial charge on any atom is 0.0837 e. The Hall–Kier alpha value is -1.37. The highest BCUT2D eigenvalue weighted by molar-refractivity contribution is 5.25. The van der Waals surface area contributed by atoms with Gasteiger partial charge in [-0.05, 0) is 25.6 Å². The molecular weight excluding hydrogens is 234 g/mol. The van der Waals surface area contributed by atoms with E-state index in [0.29, 0.717) is 18.5 Å². The summed E-state index contributed by atoms with van der Waals surface area (Å²) in [6, 6.07) is 12.8. The van der Waals surface area contributed by atoms with Gasteiger partial charge >= 0.3 is 0 Å². The fraction of sp³-hybridized carbons (Fsp3) is 0.562. The first-order chi connectivity index (χ1) is 9.04. The number of likely N-dealkylation sites (N-methyl/N-ethyl adjacent to an activating group) is 1. The predicted molar refractivity (Wildman–Crippen MR) is 80.0 cm³/mol. The van der Waals surface area contributed by atoms with Crippen molar-refractivity contribution in [2.45, 2.75) is 25.8 Å². The van der Waals surface area contributed by atoms with Crippen LogP contribution in [0.4, 0.5) is 0 Å². The molecule has 0 radical (unpaired) electrons. The van der Waals surface area contributed by atoms with Crippen LogP contribution in [0.1, 0.15) is 25.3 Å². The molecule has 0 aliphatic rings. The number of nitrogens with one attached hydrogen (secondary N) is 1. The minimum Gasteiger partial charge on any atom is -0.311 e. The molecule has 2 unspecified atom stereocenters. The van der Waals surface area contributed by atoms with Gasteiger partial charge in [0.15, 0.2) is 0 Å². The van der Waals surface area contributed by atoms with Crippen molar-refractivity contribution in [3.05, 3.63) is 35.9 Å². The van der Waals surface area contributed by atoms with Gasteiger partial charge in [0.05, 0.1) is 12.0 Å². The molecular formula is C16H25N3. The van der Waals surface area contributed by atoms with Crippen LogP contribution in [0.2, 0.25) is 0 Å². The van der Waals surface area contributed by atoms with Gasteiger partial charge in [-0.1, -0.05) is 44.2 Å². The van der Waals surface area contributed by atoms with E-state index in [1.165, 1.54) is 0 Å². The fourth-order valence-electron chi connectivity index (χ4n) is 2.10. The zero-order valence-corrected chi connectivity index (χ0v) is 12.4. The molecule has 0 aliphatic heterocycles. The lowest BCUT2D eigenvalue weighted by molar-refractivity contribution is 0.288. The molecule has 2 atom stereocenters. The maximum atomic E-state index is 9.31. The Morgan fingerprint density at radius 1 is 1.21 bits per heavy atom. The average molecular weight is 259 g/mol. The van der Waals surface area contributed by atoms with Crippen molar-refractivity contribution in [1.29, 1.82) is 5.26 Å². The molecule has 104 valence electrons. The summed E-state index contributed by atoms with van der Waals surface area (Å²) in [7, 11) is 4.16. The highest BCUT2D eigenvalue weighted by atomic mass is 15.1. The topological polar surface area (TPSA) is 39.1 Å². The molecule has 0 bridgehead atoms. The van der Waals surface area contributed by atoms with Crippen molar-refractivity contribution < 1.29 is 0 Å². The Morgan fingerprint density at radius 2 is 1.84 bits per heavy atom. The first kappa shape index (κ1) is 15.7. The Kier molecular flexibility index (Phi) is 6.55. The van der Waals surface area contributed by atoms with E-state index in [9.17, 15) is 5.26 Å². The Bertz CT molecular complexity index is 392. The van der Waals surface area contributed by atoms with Crippen LogP contribution < -0.4 is 5.32 Å². The van der Waals surface area contributed by atoms with Crippen molar-refractivity contribution in [2.24, 2.45) is 5.92 Å². The van der Waals surface area contributed by atoms with Gasteiger partial charge in [0.1, 0.15) is 0 Å². The van der Waals surface area contributed by atoms with Crippen LogP contribution in [0.15, 0.2) is 30.3 Å². The average Bonchev–Trinajstić information content (AvgIpc) is 2.38. The summed E-state index contributed by atoms with van der Waals surface area (Å²) in [4.78, 5) is 2.18. The van der Waals surface area contributed by atoms with Crippen LogP contribution in [-0.4, -0.2) is 38.1 Å². The molecule has 0 saturated heterocycles. The number of nitrogens with zero attached hydrogens (tertiary/aromatic N) is 2. The van der Waals surface area contributed by atoms with Crippen LogP contribution in [0.25, 0.3) is 0 Å². The van der Waals surface area contributed by atoms with Crippen LogP contribution in [0.3, 0.4) is 0 Å². The summed E-state index contributed by atoms with van der Waals surface area (Å²) in [6.07, 6.45) is 0. The molecule has 19 heavy (non-hydrogen) atoms. The summed E-state index contributed by atoms with van der Waals surface area (Å²) in [5.41, 5.74) is 1.09. The fourth-order valence-corrected chi connectivity index (χ4v) is 2.10. The van der Waals surface area contributed by atoms with Crippen molar-refractivity contribution in [3.8, 4) is 6.07 Å². The van der Waals surface area contributed by atoms with E-state index < -0.39 is 0 Å². The molecule has 0 aliphatic carbocycles. The first-order valence-corrected chi connectivity index (χ1v) is 6.87. The number of benzene rings is 1. The number of hydrogen-bond acceptors (Lipinski definition) is 3. The predicted octanol–water partition coefficient (Wildman–Crippen LogP) is 2.47. The van der Waals surface area contributed by atoms with Crippen LogP contribution in [0, 0.1) is 17.2 Å². The second kappa shape index (κ2) is 7.93. The SMILES string of the molecule is CC(C)C(CN(C)C)NCC(C#N)c1ccccc1. The second-order valence-electron chi connectivity index (χ2n) is 5.61. The molecule has 1 N–H and O–H groups in total. The van der Waals surface area contributed by atoms with Gasteiger partial charge in [-0.2, -0.15) is 5.26 Å². The largest absolute Gasteiger partial charge is 0.311 e. The van der Waals surface area contributed by atoms with Crippen molar-refractivity contribution >= 4 is 0 Å². The van der Waals surface area contributed by atoms with Crippen LogP contribution in [0.5, 0.6) is 0 Å². The summed E-state index contributed by atoms with van der Waals surface area (Å²) < 4.78 is 0. The zero-order valence-electron chi connectivity index (χ0n) is 12.4. The summed E-state index contributed by atoms with van der Waals surface area (Å²) in [5, 5.41) is 12.8. The Balaban J connectivity index is 2.59. The lowest BCUT2D eigenvalue weighted by Gasteiger charge is -2.26. The van der Waals surface area contributed by atoms with E-state index in [1.54, 1.807) is 0 Å². The highest BCUT2D eigenvalue weighted by Gasteiger charge is 2.17. The van der Waals surface area contributed by atoms with Gasteiger partial charge in [-0.15, -0.1) is 0 Å². The van der Waals surface area contributed by atoms with Gasteiger partial charge in [0.2, 0.25) is 0 Å². The number of rotatable bonds is 7. The van der Waals surface area contributed by atoms with E-state index in [-0.39, 0.29) is 5.92 Å². The molecule has 3 heteroatoms. The van der Waals surface area contributed by atoms with Gasteiger partial charge in [0, 0.05) is 19.1 Å². The standard InChI is InChI=1S/C16H25N3/c1-13(2)16(12-19(3)4)18-11-15(10-17)14-8-6-5-7-9-14/h5-9,13,15-16,18H,11-12H2,1-4H3. The van der Waals surface area contributed by atoms with Gasteiger partial charge in [0.25, 0.3) is 0 Å². The Labute approximate surface area is 117 Å². The minimum atomic E-state index is -0.0791. The summed E-state index contributed by atoms with van der Waals surface area (Å²) in [6.45, 7) is 6.12. The molecule has 0 heterocycles. The molecule has 0 saturated carbocycles. The summed E-state index contributed by atoms with van der Waals surface area (Å²) >= 11 is 0. The monoisotopic (exact) mass is 259 g/mol. The van der Waals surface area contributed by atoms with Gasteiger partial charge < -0.3 is 10.2 Å². The lowest BCUT2D eigenvalue weighted by Crippen LogP contribution is -2.43. The number of hydrogen-bond donors (Lipinski definition) is 1. The molecule has 0 amide bonds. The van der Waals surface area contributed by atoms with Gasteiger partial charge in [-0.25, -0.2) is 0 Å². The van der Waals surface area contributed by atoms with Crippen molar-refractivity contribution in [2.75, 3.05) is 27.2 Å². The minimum absolute atomic E-state index is 0.0791. The third-order valence-corrected chi connectivity index (χ3v) is 3.31. The van der Waals surface area contributed by atoms with Crippen molar-refractivity contribution in [3.63, 3.8) is 0 Å². The van der Waals surface area contributed by atoms with E-state index in [4.69, 9.17) is 0 Å². The highest BCUT2D eigenvalue weighted by Crippen LogP contribution is 2.14. The maximum absolute atomic E-state index is 9.31. The van der Waals surface area contributed by atoms with Gasteiger partial charge in [-0.3, -0.25) is 0 Å². The molecule has 0 aromatic heterocycles. The quantitative estimate of drug-likeness (QED) is 0.817. The smallest absolute Gasteiger partial charge is 0.0837 e. The van der Waals surface area contributed by atoms with Crippen LogP contribution >= 0.6 is 0 Å². The third kappa shape index (κ3) is 5.42. The zero-order chi connectivity index (χ0) is 14.3. The molecule has 0 spiro atoms. The normalized spacial score (nSPS) is 14.4. The number of nitriles is 1. The second-order valence-corrected chi connectivity index (χ2v) is 5.61. The molecule has 1 rings (SSSR count). The molecule has 1 aromatic carbocycles. The summed E-state index contributed by atoms with van der Waals surface area (Å²) in [5.74, 6) is 0.474. The molecule has 3 nitrogen and oxygen atoms in total. The van der Waals surface area contributed by atoms with E-state index in [1.807, 2.05) is 30.3 Å². The first-order valence-electron chi connectivity index (χ1n) is 6.87. The third-order valence-electron chi connectivity index (χ3n) is 3.31. The van der Waals surface area contributed by atoms with Crippen LogP contribution in [-0.2, 0) is 0 Å². The lowest BCUT2D eigenvalue weighted by atomic mass is 9.98. The van der Waals surface area contributed by atoms with E-state index >= 15 is 0 Å². The molecule has 0 fully saturated rings. The Morgan fingerprint density at radius 3 is 2.32 bits per heavy atom. The van der Waals surface area contributed by atoms with E-state index in [2.05, 4.69) is 44.2 Å². The molecule has 1 aromatic rings. The van der Waals surface area contributed by atoms with Crippen molar-refractivity contribution in [1.82, 2.24) is 10.2 Å².